The predicted molar refractivity (Wildman–Crippen MR) is 76.0 cm³/mol. The number of rotatable bonds is 4. The van der Waals surface area contributed by atoms with Gasteiger partial charge in [0.25, 0.3) is 0 Å². The molecule has 3 nitrogen and oxygen atoms in total. The molecule has 124 valence electrons. The summed E-state index contributed by atoms with van der Waals surface area (Å²) in [6, 6.07) is 0. The number of piperidine rings is 1. The van der Waals surface area contributed by atoms with Crippen molar-refractivity contribution in [3.63, 3.8) is 0 Å². The van der Waals surface area contributed by atoms with Crippen molar-refractivity contribution in [1.29, 1.82) is 0 Å². The molecule has 0 spiro atoms. The first-order valence-electron chi connectivity index (χ1n) is 7.92. The molecule has 0 amide bonds. The Morgan fingerprint density at radius 2 is 1.90 bits per heavy atom. The summed E-state index contributed by atoms with van der Waals surface area (Å²) >= 11 is 0. The fraction of sp³-hybridized carbons (Fsp3) is 1.00. The monoisotopic (exact) mass is 308 g/mol. The lowest BCUT2D eigenvalue weighted by atomic mass is 9.74. The second-order valence-electron chi connectivity index (χ2n) is 6.65. The molecule has 0 radical (unpaired) electrons. The van der Waals surface area contributed by atoms with Crippen LogP contribution in [0.2, 0.25) is 0 Å². The van der Waals surface area contributed by atoms with E-state index in [9.17, 15) is 13.2 Å². The topological polar surface area (TPSA) is 38.5 Å². The molecule has 2 N–H and O–H groups in total. The van der Waals surface area contributed by atoms with Gasteiger partial charge in [-0.25, -0.2) is 0 Å². The molecule has 1 saturated carbocycles. The molecule has 1 atom stereocenters. The fourth-order valence-corrected chi connectivity index (χ4v) is 4.00. The Balaban J connectivity index is 1.99. The number of hydrogen-bond donors (Lipinski definition) is 1. The summed E-state index contributed by atoms with van der Waals surface area (Å²) in [6.07, 6.45) is -0.283. The van der Waals surface area contributed by atoms with Crippen LogP contribution in [0.3, 0.4) is 0 Å². The van der Waals surface area contributed by atoms with Gasteiger partial charge in [-0.05, 0) is 51.0 Å². The van der Waals surface area contributed by atoms with Crippen LogP contribution in [0, 0.1) is 11.8 Å². The van der Waals surface area contributed by atoms with E-state index >= 15 is 0 Å². The molecule has 1 aliphatic heterocycles. The molecule has 2 rings (SSSR count). The minimum Gasteiger partial charge on any atom is -0.384 e. The van der Waals surface area contributed by atoms with Crippen molar-refractivity contribution in [2.24, 2.45) is 17.6 Å². The zero-order valence-electron chi connectivity index (χ0n) is 12.8. The Morgan fingerprint density at radius 3 is 2.43 bits per heavy atom. The van der Waals surface area contributed by atoms with E-state index in [0.29, 0.717) is 25.3 Å². The van der Waals surface area contributed by atoms with Gasteiger partial charge in [0, 0.05) is 25.7 Å². The molecule has 0 aromatic heterocycles. The average molecular weight is 308 g/mol. The van der Waals surface area contributed by atoms with Crippen LogP contribution in [0.4, 0.5) is 13.2 Å². The van der Waals surface area contributed by atoms with E-state index in [4.69, 9.17) is 10.5 Å². The maximum absolute atomic E-state index is 12.8. The number of nitrogens with zero attached hydrogens (tertiary/aromatic N) is 1. The van der Waals surface area contributed by atoms with Crippen molar-refractivity contribution in [2.45, 2.75) is 50.2 Å². The van der Waals surface area contributed by atoms with E-state index in [-0.39, 0.29) is 18.4 Å². The van der Waals surface area contributed by atoms with E-state index in [1.807, 2.05) is 0 Å². The minimum absolute atomic E-state index is 0.214. The number of alkyl halides is 3. The number of halogens is 3. The molecule has 2 fully saturated rings. The van der Waals surface area contributed by atoms with Gasteiger partial charge in [-0.15, -0.1) is 0 Å². The quantitative estimate of drug-likeness (QED) is 0.868. The van der Waals surface area contributed by atoms with Crippen LogP contribution in [0.25, 0.3) is 0 Å². The van der Waals surface area contributed by atoms with Gasteiger partial charge in [0.2, 0.25) is 0 Å². The Labute approximate surface area is 125 Å². The summed E-state index contributed by atoms with van der Waals surface area (Å²) < 4.78 is 43.8. The van der Waals surface area contributed by atoms with Crippen LogP contribution in [-0.4, -0.2) is 50.0 Å². The van der Waals surface area contributed by atoms with Crippen LogP contribution >= 0.6 is 0 Å². The molecule has 21 heavy (non-hydrogen) atoms. The zero-order valence-corrected chi connectivity index (χ0v) is 12.8. The lowest BCUT2D eigenvalue weighted by molar-refractivity contribution is -0.189. The van der Waals surface area contributed by atoms with Crippen molar-refractivity contribution < 1.29 is 17.9 Å². The lowest BCUT2D eigenvalue weighted by Gasteiger charge is -2.50. The summed E-state index contributed by atoms with van der Waals surface area (Å²) in [5.74, 6) is -0.663. The summed E-state index contributed by atoms with van der Waals surface area (Å²) in [5, 5.41) is 0. The maximum atomic E-state index is 12.8. The molecule has 1 saturated heterocycles. The second-order valence-corrected chi connectivity index (χ2v) is 6.65. The molecular weight excluding hydrogens is 281 g/mol. The Morgan fingerprint density at radius 1 is 1.24 bits per heavy atom. The molecular formula is C15H27F3N2O. The van der Waals surface area contributed by atoms with Crippen LogP contribution in [0.1, 0.15) is 38.5 Å². The van der Waals surface area contributed by atoms with Crippen LogP contribution < -0.4 is 5.73 Å². The Bertz CT molecular complexity index is 325. The SMILES string of the molecule is COCC1CCCN(C2(CN)CCC(C(F)(F)F)CC2)C1. The van der Waals surface area contributed by atoms with Gasteiger partial charge in [0.1, 0.15) is 0 Å². The predicted octanol–water partition coefficient (Wildman–Crippen LogP) is 2.79. The molecule has 0 aromatic rings. The highest BCUT2D eigenvalue weighted by atomic mass is 19.4. The Kier molecular flexibility index (Phi) is 5.54. The third kappa shape index (κ3) is 3.90. The standard InChI is InChI=1S/C15H27F3N2O/c1-21-10-12-3-2-8-20(9-12)14(11-19)6-4-13(5-7-14)15(16,17)18/h12-13H,2-11,19H2,1H3. The van der Waals surface area contributed by atoms with Gasteiger partial charge in [0.05, 0.1) is 12.5 Å². The molecule has 1 heterocycles. The van der Waals surface area contributed by atoms with Gasteiger partial charge in [-0.3, -0.25) is 4.90 Å². The maximum Gasteiger partial charge on any atom is 0.391 e. The molecule has 2 aliphatic rings. The normalized spacial score (nSPS) is 35.9. The summed E-state index contributed by atoms with van der Waals surface area (Å²) in [5.41, 5.74) is 5.76. The third-order valence-electron chi connectivity index (χ3n) is 5.35. The number of hydrogen-bond acceptors (Lipinski definition) is 3. The van der Waals surface area contributed by atoms with Gasteiger partial charge < -0.3 is 10.5 Å². The first kappa shape index (κ1) is 17.0. The minimum atomic E-state index is -4.05. The summed E-state index contributed by atoms with van der Waals surface area (Å²) in [6.45, 7) is 3.04. The van der Waals surface area contributed by atoms with Gasteiger partial charge in [-0.2, -0.15) is 13.2 Å². The largest absolute Gasteiger partial charge is 0.391 e. The molecule has 1 aliphatic carbocycles. The first-order chi connectivity index (χ1) is 9.91. The number of methoxy groups -OCH3 is 1. The van der Waals surface area contributed by atoms with Crippen molar-refractivity contribution in [1.82, 2.24) is 4.90 Å². The van der Waals surface area contributed by atoms with Crippen LogP contribution in [0.5, 0.6) is 0 Å². The van der Waals surface area contributed by atoms with E-state index in [2.05, 4.69) is 4.90 Å². The van der Waals surface area contributed by atoms with Gasteiger partial charge in [0.15, 0.2) is 0 Å². The number of nitrogens with two attached hydrogens (primary N) is 1. The Hall–Kier alpha value is -0.330. The van der Waals surface area contributed by atoms with E-state index in [0.717, 1.165) is 32.5 Å². The van der Waals surface area contributed by atoms with Crippen molar-refractivity contribution >= 4 is 0 Å². The van der Waals surface area contributed by atoms with E-state index < -0.39 is 12.1 Å². The van der Waals surface area contributed by atoms with Gasteiger partial charge in [-0.1, -0.05) is 0 Å². The van der Waals surface area contributed by atoms with E-state index in [1.54, 1.807) is 7.11 Å². The highest BCUT2D eigenvalue weighted by Gasteiger charge is 2.47. The van der Waals surface area contributed by atoms with Crippen molar-refractivity contribution in [3.05, 3.63) is 0 Å². The molecule has 6 heteroatoms. The fourth-order valence-electron chi connectivity index (χ4n) is 4.00. The average Bonchev–Trinajstić information content (AvgIpc) is 2.47. The number of likely N-dealkylation sites (tertiary alicyclic amines) is 1. The highest BCUT2D eigenvalue weighted by molar-refractivity contribution is 4.98. The second kappa shape index (κ2) is 6.84. The smallest absolute Gasteiger partial charge is 0.384 e. The van der Waals surface area contributed by atoms with Crippen molar-refractivity contribution in [2.75, 3.05) is 33.4 Å². The number of ether oxygens (including phenoxy) is 1. The molecule has 0 aromatic carbocycles. The summed E-state index contributed by atoms with van der Waals surface area (Å²) in [7, 11) is 1.70. The van der Waals surface area contributed by atoms with Crippen LogP contribution in [0.15, 0.2) is 0 Å². The van der Waals surface area contributed by atoms with Crippen molar-refractivity contribution in [3.8, 4) is 0 Å². The molecule has 0 bridgehead atoms. The first-order valence-corrected chi connectivity index (χ1v) is 7.92. The van der Waals surface area contributed by atoms with Crippen LogP contribution in [-0.2, 0) is 4.74 Å². The third-order valence-corrected chi connectivity index (χ3v) is 5.35. The van der Waals surface area contributed by atoms with E-state index in [1.165, 1.54) is 0 Å². The highest BCUT2D eigenvalue weighted by Crippen LogP contribution is 2.44. The van der Waals surface area contributed by atoms with Gasteiger partial charge >= 0.3 is 6.18 Å². The summed E-state index contributed by atoms with van der Waals surface area (Å²) in [4.78, 5) is 2.35. The zero-order chi connectivity index (χ0) is 15.5. The molecule has 1 unspecified atom stereocenters. The lowest BCUT2D eigenvalue weighted by Crippen LogP contribution is -2.59.